The number of H-pyrrole nitrogens is 1. The average molecular weight is 568 g/mol. The van der Waals surface area contributed by atoms with Gasteiger partial charge in [-0.3, -0.25) is 10.1 Å². The molecule has 1 aromatic carbocycles. The Morgan fingerprint density at radius 2 is 1.87 bits per heavy atom. The lowest BCUT2D eigenvalue weighted by atomic mass is 9.73. The lowest BCUT2D eigenvalue weighted by Gasteiger charge is -2.59. The molecule has 1 spiro atoms. The molecule has 0 aliphatic carbocycles. The normalized spacial score (nSPS) is 16.6. The van der Waals surface area contributed by atoms with E-state index in [1.807, 2.05) is 39.0 Å². The second-order valence-corrected chi connectivity index (χ2v) is 10.9. The number of carbonyl (C=O) groups is 1. The Bertz CT molecular complexity index is 1550. The fraction of sp³-hybridized carbons (Fsp3) is 0.370. The molecule has 39 heavy (non-hydrogen) atoms. The number of amides is 1. The number of aromatic nitrogens is 5. The topological polar surface area (TPSA) is 109 Å². The van der Waals surface area contributed by atoms with Gasteiger partial charge in [-0.2, -0.15) is 5.10 Å². The van der Waals surface area contributed by atoms with Crippen LogP contribution < -0.4 is 9.64 Å². The summed E-state index contributed by atoms with van der Waals surface area (Å²) in [5.41, 5.74) is 3.90. The first-order valence-electron chi connectivity index (χ1n) is 12.7. The molecular weight excluding hydrogens is 541 g/mol. The lowest BCUT2D eigenvalue weighted by molar-refractivity contribution is -0.0199. The van der Waals surface area contributed by atoms with E-state index in [0.717, 1.165) is 35.2 Å². The van der Waals surface area contributed by atoms with E-state index in [1.165, 1.54) is 0 Å². The van der Waals surface area contributed by atoms with Gasteiger partial charge in [-0.15, -0.1) is 0 Å². The molecule has 0 bridgehead atoms. The highest BCUT2D eigenvalue weighted by Gasteiger charge is 2.54. The van der Waals surface area contributed by atoms with E-state index < -0.39 is 0 Å². The first-order valence-corrected chi connectivity index (χ1v) is 13.5. The zero-order valence-electron chi connectivity index (χ0n) is 21.7. The van der Waals surface area contributed by atoms with Gasteiger partial charge in [0, 0.05) is 66.7 Å². The number of halogens is 2. The van der Waals surface area contributed by atoms with Crippen molar-refractivity contribution >= 4 is 46.1 Å². The van der Waals surface area contributed by atoms with Gasteiger partial charge >= 0.3 is 6.09 Å². The van der Waals surface area contributed by atoms with Crippen LogP contribution in [-0.4, -0.2) is 68.9 Å². The van der Waals surface area contributed by atoms with Gasteiger partial charge in [-0.05, 0) is 39.0 Å². The fourth-order valence-electron chi connectivity index (χ4n) is 5.32. The maximum atomic E-state index is 11.9. The molecule has 3 aromatic heterocycles. The zero-order valence-corrected chi connectivity index (χ0v) is 23.3. The highest BCUT2D eigenvalue weighted by molar-refractivity contribution is 6.36. The number of aryl methyl sites for hydroxylation is 1. The van der Waals surface area contributed by atoms with Crippen LogP contribution in [0.2, 0.25) is 10.0 Å². The number of pyridine rings is 1. The summed E-state index contributed by atoms with van der Waals surface area (Å²) in [6.07, 6.45) is 4.52. The number of carbonyl (C=O) groups excluding carboxylic acids is 1. The molecule has 0 saturated carbocycles. The van der Waals surface area contributed by atoms with E-state index in [9.17, 15) is 4.79 Å². The molecule has 1 amide bonds. The van der Waals surface area contributed by atoms with Crippen molar-refractivity contribution in [1.29, 1.82) is 0 Å². The highest BCUT2D eigenvalue weighted by atomic mass is 35.5. The smallest absolute Gasteiger partial charge is 0.409 e. The van der Waals surface area contributed by atoms with Gasteiger partial charge in [-0.25, -0.2) is 14.8 Å². The van der Waals surface area contributed by atoms with Crippen LogP contribution in [0.15, 0.2) is 36.8 Å². The maximum absolute atomic E-state index is 11.9. The molecule has 0 unspecified atom stereocenters. The number of hydrogen-bond acceptors (Lipinski definition) is 8. The van der Waals surface area contributed by atoms with Crippen LogP contribution in [0.25, 0.3) is 22.2 Å². The minimum Gasteiger partial charge on any atom is -0.486 e. The van der Waals surface area contributed by atoms with Gasteiger partial charge in [0.2, 0.25) is 5.95 Å². The van der Waals surface area contributed by atoms with E-state index in [-0.39, 0.29) is 17.6 Å². The number of aromatic amines is 1. The Morgan fingerprint density at radius 3 is 2.59 bits per heavy atom. The van der Waals surface area contributed by atoms with Gasteiger partial charge in [0.15, 0.2) is 0 Å². The summed E-state index contributed by atoms with van der Waals surface area (Å²) in [6.45, 7) is 8.99. The Hall–Kier alpha value is -3.63. The summed E-state index contributed by atoms with van der Waals surface area (Å²) < 4.78 is 11.3. The number of hydrogen-bond donors (Lipinski definition) is 1. The zero-order chi connectivity index (χ0) is 27.3. The first-order chi connectivity index (χ1) is 18.8. The Kier molecular flexibility index (Phi) is 6.47. The van der Waals surface area contributed by atoms with Crippen molar-refractivity contribution in [2.75, 3.05) is 37.7 Å². The number of rotatable bonds is 6. The second-order valence-electron chi connectivity index (χ2n) is 10.1. The van der Waals surface area contributed by atoms with Gasteiger partial charge in [0.1, 0.15) is 17.5 Å². The standard InChI is InChI=1S/C27H27Cl2N7O3/c1-4-38-26(37)36-13-27(14-36)11-35(12-27)25-31-8-17(9-32-25)24-19-7-18(5-6-21(19)33-34-24)39-16(3)22-20(28)10-30-15(2)23(22)29/h5-10,16H,4,11-14H2,1-3H3,(H,33,34)/t16-/m1/s1. The van der Waals surface area contributed by atoms with Crippen LogP contribution >= 0.6 is 23.2 Å². The van der Waals surface area contributed by atoms with Gasteiger partial charge in [-0.1, -0.05) is 23.2 Å². The molecule has 12 heteroatoms. The van der Waals surface area contributed by atoms with Crippen LogP contribution in [0.4, 0.5) is 10.7 Å². The number of likely N-dealkylation sites (tertiary alicyclic amines) is 1. The second kappa shape index (κ2) is 9.84. The molecule has 2 aliphatic rings. The number of ether oxygens (including phenoxy) is 2. The summed E-state index contributed by atoms with van der Waals surface area (Å²) in [6, 6.07) is 5.72. The van der Waals surface area contributed by atoms with Crippen molar-refractivity contribution in [3.8, 4) is 17.0 Å². The molecule has 2 saturated heterocycles. The minimum atomic E-state index is -0.387. The third kappa shape index (κ3) is 4.61. The number of nitrogens with zero attached hydrogens (tertiary/aromatic N) is 6. The van der Waals surface area contributed by atoms with Gasteiger partial charge < -0.3 is 19.3 Å². The third-order valence-corrected chi connectivity index (χ3v) is 8.04. The molecule has 2 fully saturated rings. The SMILES string of the molecule is CCOC(=O)N1CC2(C1)CN(c1ncc(-c3n[nH]c4ccc(O[C@H](C)c5c(Cl)cnc(C)c5Cl)cc34)cn1)C2. The molecule has 2 aliphatic heterocycles. The van der Waals surface area contributed by atoms with Crippen molar-refractivity contribution < 1.29 is 14.3 Å². The molecule has 1 N–H and O–H groups in total. The van der Waals surface area contributed by atoms with Crippen molar-refractivity contribution in [2.24, 2.45) is 5.41 Å². The number of fused-ring (bicyclic) bond motifs is 1. The largest absolute Gasteiger partial charge is 0.486 e. The molecule has 4 aromatic rings. The van der Waals surface area contributed by atoms with Crippen LogP contribution in [0.3, 0.4) is 0 Å². The summed E-state index contributed by atoms with van der Waals surface area (Å²) in [5, 5.41) is 9.42. The Labute approximate surface area is 235 Å². The summed E-state index contributed by atoms with van der Waals surface area (Å²) in [4.78, 5) is 29.1. The highest BCUT2D eigenvalue weighted by Crippen LogP contribution is 2.41. The van der Waals surface area contributed by atoms with E-state index in [2.05, 4.69) is 30.0 Å². The van der Waals surface area contributed by atoms with E-state index in [1.54, 1.807) is 23.5 Å². The van der Waals surface area contributed by atoms with Crippen molar-refractivity contribution in [3.63, 3.8) is 0 Å². The van der Waals surface area contributed by atoms with E-state index >= 15 is 0 Å². The monoisotopic (exact) mass is 567 g/mol. The van der Waals surface area contributed by atoms with Crippen molar-refractivity contribution in [1.82, 2.24) is 30.0 Å². The van der Waals surface area contributed by atoms with Crippen LogP contribution in [0.1, 0.15) is 31.2 Å². The molecule has 5 heterocycles. The van der Waals surface area contributed by atoms with E-state index in [4.69, 9.17) is 32.7 Å². The predicted octanol–water partition coefficient (Wildman–Crippen LogP) is 5.45. The van der Waals surface area contributed by atoms with Crippen LogP contribution in [0, 0.1) is 12.3 Å². The third-order valence-electron chi connectivity index (χ3n) is 7.26. The Morgan fingerprint density at radius 1 is 1.13 bits per heavy atom. The van der Waals surface area contributed by atoms with Crippen LogP contribution in [-0.2, 0) is 4.74 Å². The summed E-state index contributed by atoms with van der Waals surface area (Å²) in [5.74, 6) is 1.32. The van der Waals surface area contributed by atoms with Crippen molar-refractivity contribution in [2.45, 2.75) is 26.9 Å². The van der Waals surface area contributed by atoms with Gasteiger partial charge in [0.25, 0.3) is 0 Å². The lowest BCUT2D eigenvalue weighted by Crippen LogP contribution is -2.73. The fourth-order valence-corrected chi connectivity index (χ4v) is 5.97. The van der Waals surface area contributed by atoms with E-state index in [0.29, 0.717) is 52.7 Å². The molecule has 10 nitrogen and oxygen atoms in total. The summed E-state index contributed by atoms with van der Waals surface area (Å²) in [7, 11) is 0. The Balaban J connectivity index is 1.15. The average Bonchev–Trinajstić information content (AvgIpc) is 3.29. The quantitative estimate of drug-likeness (QED) is 0.327. The molecule has 0 radical (unpaired) electrons. The number of nitrogens with one attached hydrogen (secondary N) is 1. The first kappa shape index (κ1) is 25.6. The van der Waals surface area contributed by atoms with Gasteiger partial charge in [0.05, 0.1) is 27.9 Å². The number of benzene rings is 1. The molecule has 6 rings (SSSR count). The minimum absolute atomic E-state index is 0.115. The van der Waals surface area contributed by atoms with Crippen LogP contribution in [0.5, 0.6) is 5.75 Å². The number of anilines is 1. The molecular formula is C27H27Cl2N7O3. The molecule has 1 atom stereocenters. The predicted molar refractivity (Wildman–Crippen MR) is 148 cm³/mol. The maximum Gasteiger partial charge on any atom is 0.409 e. The molecule has 202 valence electrons. The van der Waals surface area contributed by atoms with Crippen molar-refractivity contribution in [3.05, 3.63) is 58.1 Å². The summed E-state index contributed by atoms with van der Waals surface area (Å²) >= 11 is 12.8.